The second kappa shape index (κ2) is 9.06. The minimum atomic E-state index is -0.755. The maximum atomic E-state index is 12.8. The Morgan fingerprint density at radius 1 is 1.19 bits per heavy atom. The summed E-state index contributed by atoms with van der Waals surface area (Å²) in [5.41, 5.74) is 5.10. The van der Waals surface area contributed by atoms with Crippen LogP contribution in [-0.4, -0.2) is 17.5 Å². The minimum Gasteiger partial charge on any atom is -0.375 e. The Kier molecular flexibility index (Phi) is 6.03. The van der Waals surface area contributed by atoms with Gasteiger partial charge >= 0.3 is 0 Å². The molecule has 5 nitrogen and oxygen atoms in total. The van der Waals surface area contributed by atoms with Crippen LogP contribution in [0.1, 0.15) is 50.8 Å². The maximum Gasteiger partial charge on any atom is 0.251 e. The number of aryl methyl sites for hydroxylation is 1. The van der Waals surface area contributed by atoms with Crippen molar-refractivity contribution in [1.29, 1.82) is 5.26 Å². The molecule has 32 heavy (non-hydrogen) atoms. The summed E-state index contributed by atoms with van der Waals surface area (Å²) in [5.74, 6) is 6.14. The summed E-state index contributed by atoms with van der Waals surface area (Å²) in [6.45, 7) is 4.86. The summed E-state index contributed by atoms with van der Waals surface area (Å²) in [6, 6.07) is 19.4. The third-order valence-corrected chi connectivity index (χ3v) is 5.57. The zero-order valence-corrected chi connectivity index (χ0v) is 18.1. The van der Waals surface area contributed by atoms with Gasteiger partial charge in [-0.15, -0.1) is 0 Å². The van der Waals surface area contributed by atoms with E-state index in [0.29, 0.717) is 18.8 Å². The lowest BCUT2D eigenvalue weighted by Gasteiger charge is -2.30. The molecule has 1 N–H and O–H groups in total. The zero-order valence-electron chi connectivity index (χ0n) is 18.1. The van der Waals surface area contributed by atoms with Gasteiger partial charge in [0, 0.05) is 22.9 Å². The first-order valence-electron chi connectivity index (χ1n) is 10.4. The molecule has 4 rings (SSSR count). The number of nitrogens with zero attached hydrogens (tertiary/aromatic N) is 2. The van der Waals surface area contributed by atoms with Gasteiger partial charge in [0.05, 0.1) is 31.5 Å². The molecule has 2 aromatic carbocycles. The number of carbonyl (C=O) groups excluding carboxylic acids is 1. The Bertz CT molecular complexity index is 1270. The second-order valence-corrected chi connectivity index (χ2v) is 8.10. The topological polar surface area (TPSA) is 75.0 Å². The molecule has 158 valence electrons. The highest BCUT2D eigenvalue weighted by atomic mass is 16.5. The highest BCUT2D eigenvalue weighted by molar-refractivity contribution is 5.94. The van der Waals surface area contributed by atoms with Crippen LogP contribution in [0.4, 0.5) is 0 Å². The summed E-state index contributed by atoms with van der Waals surface area (Å²) < 4.78 is 5.53. The molecule has 0 bridgehead atoms. The fraction of sp³-hybridized carbons (Fsp3) is 0.222. The van der Waals surface area contributed by atoms with E-state index in [1.165, 1.54) is 0 Å². The molecule has 1 aliphatic rings. The number of nitriles is 1. The van der Waals surface area contributed by atoms with Crippen molar-refractivity contribution in [2.45, 2.75) is 32.4 Å². The van der Waals surface area contributed by atoms with E-state index in [4.69, 9.17) is 4.74 Å². The van der Waals surface area contributed by atoms with E-state index >= 15 is 0 Å². The van der Waals surface area contributed by atoms with Crippen LogP contribution in [0.3, 0.4) is 0 Å². The molecule has 0 saturated carbocycles. The van der Waals surface area contributed by atoms with E-state index in [1.807, 2.05) is 56.3 Å². The summed E-state index contributed by atoms with van der Waals surface area (Å²) in [6.07, 6.45) is 1.77. The van der Waals surface area contributed by atoms with E-state index in [1.54, 1.807) is 18.3 Å². The van der Waals surface area contributed by atoms with Crippen LogP contribution in [0.15, 0.2) is 60.8 Å². The van der Waals surface area contributed by atoms with Crippen LogP contribution in [0.25, 0.3) is 0 Å². The first-order chi connectivity index (χ1) is 15.5. The lowest BCUT2D eigenvalue weighted by Crippen LogP contribution is -2.33. The van der Waals surface area contributed by atoms with E-state index in [-0.39, 0.29) is 12.5 Å². The van der Waals surface area contributed by atoms with Gasteiger partial charge in [0.25, 0.3) is 5.91 Å². The summed E-state index contributed by atoms with van der Waals surface area (Å²) >= 11 is 0. The van der Waals surface area contributed by atoms with Crippen LogP contribution in [0.5, 0.6) is 0 Å². The highest BCUT2D eigenvalue weighted by Crippen LogP contribution is 2.32. The molecule has 0 spiro atoms. The first-order valence-corrected chi connectivity index (χ1v) is 10.4. The molecule has 1 aliphatic heterocycles. The van der Waals surface area contributed by atoms with Crippen molar-refractivity contribution in [2.24, 2.45) is 0 Å². The Labute approximate surface area is 188 Å². The average molecular weight is 422 g/mol. The molecular weight excluding hydrogens is 398 g/mol. The molecule has 1 amide bonds. The molecule has 0 radical (unpaired) electrons. The van der Waals surface area contributed by atoms with Crippen molar-refractivity contribution in [1.82, 2.24) is 10.3 Å². The first kappa shape index (κ1) is 21.3. The lowest BCUT2D eigenvalue weighted by molar-refractivity contribution is 0.0757. The Balaban J connectivity index is 1.49. The SMILES string of the molecule is Cc1cnc(CNC(=O)c2ccc3c(c2)[C@](C)(C#N)COC3)cc1C#Cc1ccccc1. The number of amides is 1. The van der Waals surface area contributed by atoms with Gasteiger partial charge in [-0.2, -0.15) is 5.26 Å². The number of rotatable bonds is 3. The lowest BCUT2D eigenvalue weighted by atomic mass is 9.79. The van der Waals surface area contributed by atoms with Crippen LogP contribution < -0.4 is 5.32 Å². The molecule has 1 aromatic heterocycles. The van der Waals surface area contributed by atoms with Gasteiger partial charge in [0.1, 0.15) is 5.41 Å². The molecule has 1 atom stereocenters. The fourth-order valence-corrected chi connectivity index (χ4v) is 3.62. The third-order valence-electron chi connectivity index (χ3n) is 5.57. The van der Waals surface area contributed by atoms with E-state index in [2.05, 4.69) is 28.2 Å². The summed E-state index contributed by atoms with van der Waals surface area (Å²) in [7, 11) is 0. The second-order valence-electron chi connectivity index (χ2n) is 8.10. The Hall–Kier alpha value is -3.93. The van der Waals surface area contributed by atoms with Gasteiger partial charge in [0.2, 0.25) is 0 Å². The van der Waals surface area contributed by atoms with Crippen LogP contribution in [0.2, 0.25) is 0 Å². The van der Waals surface area contributed by atoms with Gasteiger partial charge in [-0.05, 0) is 60.9 Å². The quantitative estimate of drug-likeness (QED) is 0.648. The van der Waals surface area contributed by atoms with Gasteiger partial charge in [0.15, 0.2) is 0 Å². The molecule has 2 heterocycles. The molecule has 5 heteroatoms. The van der Waals surface area contributed by atoms with Crippen molar-refractivity contribution in [3.05, 3.63) is 99.9 Å². The van der Waals surface area contributed by atoms with Crippen LogP contribution >= 0.6 is 0 Å². The molecule has 0 fully saturated rings. The number of hydrogen-bond donors (Lipinski definition) is 1. The van der Waals surface area contributed by atoms with Crippen LogP contribution in [0, 0.1) is 30.1 Å². The van der Waals surface area contributed by atoms with Gasteiger partial charge in [-0.25, -0.2) is 0 Å². The summed E-state index contributed by atoms with van der Waals surface area (Å²) in [4.78, 5) is 17.2. The van der Waals surface area contributed by atoms with E-state index in [0.717, 1.165) is 33.5 Å². The number of nitrogens with one attached hydrogen (secondary N) is 1. The standard InChI is InChI=1S/C27H23N3O2/c1-19-14-29-24(12-21(19)9-8-20-6-4-3-5-7-20)15-30-26(31)22-10-11-23-16-32-18-27(2,17-28)25(23)13-22/h3-7,10-14H,15-16,18H2,1-2H3,(H,30,31)/t27-/m1/s1. The number of pyridine rings is 1. The predicted octanol–water partition coefficient (Wildman–Crippen LogP) is 4.03. The molecule has 0 unspecified atom stereocenters. The van der Waals surface area contributed by atoms with Gasteiger partial charge in [-0.3, -0.25) is 9.78 Å². The Morgan fingerprint density at radius 2 is 2.00 bits per heavy atom. The largest absolute Gasteiger partial charge is 0.375 e. The van der Waals surface area contributed by atoms with E-state index in [9.17, 15) is 10.1 Å². The molecule has 0 saturated heterocycles. The number of ether oxygens (including phenoxy) is 1. The number of benzene rings is 2. The van der Waals surface area contributed by atoms with Crippen molar-refractivity contribution < 1.29 is 9.53 Å². The third kappa shape index (κ3) is 4.54. The van der Waals surface area contributed by atoms with Crippen molar-refractivity contribution >= 4 is 5.91 Å². The normalized spacial score (nSPS) is 16.8. The molecule has 3 aromatic rings. The summed E-state index contributed by atoms with van der Waals surface area (Å²) in [5, 5.41) is 12.5. The fourth-order valence-electron chi connectivity index (χ4n) is 3.62. The number of fused-ring (bicyclic) bond motifs is 1. The smallest absolute Gasteiger partial charge is 0.251 e. The average Bonchev–Trinajstić information content (AvgIpc) is 2.83. The zero-order chi connectivity index (χ0) is 22.6. The number of carbonyl (C=O) groups is 1. The van der Waals surface area contributed by atoms with E-state index < -0.39 is 5.41 Å². The van der Waals surface area contributed by atoms with Gasteiger partial charge in [-0.1, -0.05) is 36.1 Å². The Morgan fingerprint density at radius 3 is 2.78 bits per heavy atom. The highest BCUT2D eigenvalue weighted by Gasteiger charge is 2.33. The molecular formula is C27H23N3O2. The monoisotopic (exact) mass is 421 g/mol. The molecule has 0 aliphatic carbocycles. The maximum absolute atomic E-state index is 12.8. The number of aromatic nitrogens is 1. The number of hydrogen-bond acceptors (Lipinski definition) is 4. The van der Waals surface area contributed by atoms with Crippen molar-refractivity contribution in [3.8, 4) is 17.9 Å². The van der Waals surface area contributed by atoms with Crippen molar-refractivity contribution in [2.75, 3.05) is 6.61 Å². The minimum absolute atomic E-state index is 0.209. The predicted molar refractivity (Wildman–Crippen MR) is 122 cm³/mol. The van der Waals surface area contributed by atoms with Crippen molar-refractivity contribution in [3.63, 3.8) is 0 Å². The van der Waals surface area contributed by atoms with Gasteiger partial charge < -0.3 is 10.1 Å². The van der Waals surface area contributed by atoms with Crippen LogP contribution in [-0.2, 0) is 23.3 Å².